The van der Waals surface area contributed by atoms with Crippen molar-refractivity contribution in [2.75, 3.05) is 36.9 Å². The molecule has 1 saturated heterocycles. The summed E-state index contributed by atoms with van der Waals surface area (Å²) in [6.45, 7) is 11.7. The van der Waals surface area contributed by atoms with Crippen molar-refractivity contribution in [3.8, 4) is 5.75 Å². The molecule has 1 aliphatic carbocycles. The van der Waals surface area contributed by atoms with Gasteiger partial charge in [-0.05, 0) is 93.3 Å². The van der Waals surface area contributed by atoms with Gasteiger partial charge in [0.1, 0.15) is 10.8 Å². The highest BCUT2D eigenvalue weighted by molar-refractivity contribution is 7.17. The van der Waals surface area contributed by atoms with E-state index in [0.29, 0.717) is 35.3 Å². The molecule has 4 rings (SSSR count). The lowest BCUT2D eigenvalue weighted by Gasteiger charge is -2.33. The summed E-state index contributed by atoms with van der Waals surface area (Å²) < 4.78 is 5.50. The number of rotatable bonds is 7. The van der Waals surface area contributed by atoms with Gasteiger partial charge in [0, 0.05) is 10.6 Å². The van der Waals surface area contributed by atoms with Gasteiger partial charge in [-0.3, -0.25) is 14.5 Å². The topological polar surface area (TPSA) is 70.7 Å². The van der Waals surface area contributed by atoms with E-state index in [-0.39, 0.29) is 17.2 Å². The number of carbonyl (C=O) groups is 2. The molecule has 0 radical (unpaired) electrons. The van der Waals surface area contributed by atoms with Crippen molar-refractivity contribution in [3.63, 3.8) is 0 Å². The molecular formula is C27H37N3O3S. The summed E-state index contributed by atoms with van der Waals surface area (Å²) in [5.41, 5.74) is 2.67. The molecule has 0 saturated carbocycles. The molecule has 1 aromatic carbocycles. The molecule has 2 aromatic rings. The Hall–Kier alpha value is -2.38. The van der Waals surface area contributed by atoms with Gasteiger partial charge in [-0.15, -0.1) is 11.3 Å². The van der Waals surface area contributed by atoms with Crippen LogP contribution in [0.5, 0.6) is 5.75 Å². The Morgan fingerprint density at radius 3 is 2.47 bits per heavy atom. The summed E-state index contributed by atoms with van der Waals surface area (Å²) in [4.78, 5) is 29.7. The van der Waals surface area contributed by atoms with E-state index in [2.05, 4.69) is 36.3 Å². The third kappa shape index (κ3) is 5.81. The summed E-state index contributed by atoms with van der Waals surface area (Å²) in [6, 6.07) is 7.41. The van der Waals surface area contributed by atoms with E-state index in [0.717, 1.165) is 56.5 Å². The number of nitrogens with zero attached hydrogens (tertiary/aromatic N) is 1. The zero-order valence-corrected chi connectivity index (χ0v) is 21.6. The minimum absolute atomic E-state index is 0.0389. The Balaban J connectivity index is 1.57. The molecule has 2 heterocycles. The van der Waals surface area contributed by atoms with Gasteiger partial charge in [-0.1, -0.05) is 20.8 Å². The van der Waals surface area contributed by atoms with Gasteiger partial charge in [-0.25, -0.2) is 0 Å². The number of hydrogen-bond donors (Lipinski definition) is 2. The molecule has 6 nitrogen and oxygen atoms in total. The smallest absolute Gasteiger partial charge is 0.258 e. The van der Waals surface area contributed by atoms with Crippen molar-refractivity contribution in [3.05, 3.63) is 40.3 Å². The maximum atomic E-state index is 13.5. The van der Waals surface area contributed by atoms with Crippen molar-refractivity contribution < 1.29 is 14.3 Å². The maximum Gasteiger partial charge on any atom is 0.258 e. The molecule has 2 N–H and O–H groups in total. The maximum absolute atomic E-state index is 13.5. The second-order valence-electron chi connectivity index (χ2n) is 10.5. The number of carbonyl (C=O) groups excluding carboxylic acids is 2. The average Bonchev–Trinajstić information content (AvgIpc) is 3.41. The molecule has 0 bridgehead atoms. The monoisotopic (exact) mass is 483 g/mol. The second kappa shape index (κ2) is 10.5. The van der Waals surface area contributed by atoms with Crippen LogP contribution in [0.25, 0.3) is 0 Å². The summed E-state index contributed by atoms with van der Waals surface area (Å²) in [7, 11) is 0. The average molecular weight is 484 g/mol. The number of likely N-dealkylation sites (tertiary alicyclic amines) is 1. The lowest BCUT2D eigenvalue weighted by atomic mass is 9.72. The lowest BCUT2D eigenvalue weighted by Crippen LogP contribution is -2.31. The van der Waals surface area contributed by atoms with Crippen molar-refractivity contribution in [2.24, 2.45) is 11.3 Å². The fourth-order valence-corrected chi connectivity index (χ4v) is 6.30. The Bertz CT molecular complexity index is 1020. The SMILES string of the molecule is CCOc1ccc(NC(=O)c2c(NC(=O)CN3CCCC3)sc3c2CC[C@@H](C(C)(C)C)C3)cc1. The third-order valence-electron chi connectivity index (χ3n) is 6.96. The number of fused-ring (bicyclic) bond motifs is 1. The quantitative estimate of drug-likeness (QED) is 0.539. The van der Waals surface area contributed by atoms with E-state index in [1.54, 1.807) is 11.3 Å². The van der Waals surface area contributed by atoms with E-state index in [4.69, 9.17) is 4.74 Å². The molecule has 0 spiro atoms. The minimum atomic E-state index is -0.160. The van der Waals surface area contributed by atoms with Gasteiger partial charge < -0.3 is 15.4 Å². The van der Waals surface area contributed by atoms with Crippen LogP contribution in [0.15, 0.2) is 24.3 Å². The van der Waals surface area contributed by atoms with Crippen LogP contribution in [0.3, 0.4) is 0 Å². The van der Waals surface area contributed by atoms with E-state index in [1.165, 1.54) is 4.88 Å². The van der Waals surface area contributed by atoms with Crippen LogP contribution < -0.4 is 15.4 Å². The van der Waals surface area contributed by atoms with E-state index in [9.17, 15) is 9.59 Å². The van der Waals surface area contributed by atoms with Crippen molar-refractivity contribution in [1.82, 2.24) is 4.90 Å². The number of anilines is 2. The molecule has 1 fully saturated rings. The molecule has 1 aromatic heterocycles. The predicted octanol–water partition coefficient (Wildman–Crippen LogP) is 5.58. The fourth-order valence-electron chi connectivity index (χ4n) is 4.96. The highest BCUT2D eigenvalue weighted by atomic mass is 32.1. The van der Waals surface area contributed by atoms with Crippen LogP contribution in [0.2, 0.25) is 0 Å². The number of hydrogen-bond acceptors (Lipinski definition) is 5. The van der Waals surface area contributed by atoms with E-state index in [1.807, 2.05) is 31.2 Å². The normalized spacial score (nSPS) is 18.4. The van der Waals surface area contributed by atoms with Gasteiger partial charge in [0.25, 0.3) is 5.91 Å². The fraction of sp³-hybridized carbons (Fsp3) is 0.556. The van der Waals surface area contributed by atoms with Gasteiger partial charge in [0.05, 0.1) is 18.7 Å². The minimum Gasteiger partial charge on any atom is -0.494 e. The molecule has 0 unspecified atom stereocenters. The zero-order chi connectivity index (χ0) is 24.3. The van der Waals surface area contributed by atoms with Crippen LogP contribution in [0.4, 0.5) is 10.7 Å². The van der Waals surface area contributed by atoms with Crippen LogP contribution >= 0.6 is 11.3 Å². The number of amides is 2. The molecule has 184 valence electrons. The van der Waals surface area contributed by atoms with Crippen LogP contribution in [-0.4, -0.2) is 43.0 Å². The van der Waals surface area contributed by atoms with Crippen LogP contribution in [0.1, 0.15) is 67.8 Å². The third-order valence-corrected chi connectivity index (χ3v) is 8.13. The van der Waals surface area contributed by atoms with Gasteiger partial charge in [-0.2, -0.15) is 0 Å². The van der Waals surface area contributed by atoms with Gasteiger partial charge in [0.2, 0.25) is 5.91 Å². The second-order valence-corrected chi connectivity index (χ2v) is 11.6. The molecule has 34 heavy (non-hydrogen) atoms. The first kappa shape index (κ1) is 24.7. The number of nitrogens with one attached hydrogen (secondary N) is 2. The van der Waals surface area contributed by atoms with Crippen LogP contribution in [0, 0.1) is 11.3 Å². The summed E-state index contributed by atoms with van der Waals surface area (Å²) in [5.74, 6) is 1.14. The van der Waals surface area contributed by atoms with Crippen molar-refractivity contribution in [2.45, 2.75) is 59.8 Å². The molecule has 7 heteroatoms. The largest absolute Gasteiger partial charge is 0.494 e. The zero-order valence-electron chi connectivity index (χ0n) is 20.8. The summed E-state index contributed by atoms with van der Waals surface area (Å²) >= 11 is 1.58. The Morgan fingerprint density at radius 1 is 1.12 bits per heavy atom. The number of ether oxygens (including phenoxy) is 1. The molecular weight excluding hydrogens is 446 g/mol. The Labute approximate surface area is 207 Å². The first-order valence-corrected chi connectivity index (χ1v) is 13.3. The van der Waals surface area contributed by atoms with Gasteiger partial charge in [0.15, 0.2) is 0 Å². The lowest BCUT2D eigenvalue weighted by molar-refractivity contribution is -0.117. The van der Waals surface area contributed by atoms with Crippen molar-refractivity contribution in [1.29, 1.82) is 0 Å². The van der Waals surface area contributed by atoms with Gasteiger partial charge >= 0.3 is 0 Å². The Morgan fingerprint density at radius 2 is 1.82 bits per heavy atom. The van der Waals surface area contributed by atoms with Crippen LogP contribution in [-0.2, 0) is 17.6 Å². The van der Waals surface area contributed by atoms with Crippen molar-refractivity contribution >= 4 is 33.8 Å². The number of benzene rings is 1. The molecule has 1 aliphatic heterocycles. The van der Waals surface area contributed by atoms with E-state index >= 15 is 0 Å². The predicted molar refractivity (Wildman–Crippen MR) is 139 cm³/mol. The summed E-state index contributed by atoms with van der Waals surface area (Å²) in [5, 5.41) is 6.83. The first-order valence-electron chi connectivity index (χ1n) is 12.5. The first-order chi connectivity index (χ1) is 16.2. The highest BCUT2D eigenvalue weighted by Crippen LogP contribution is 2.44. The molecule has 2 amide bonds. The summed E-state index contributed by atoms with van der Waals surface area (Å²) in [6.07, 6.45) is 5.16. The molecule has 2 aliphatic rings. The highest BCUT2D eigenvalue weighted by Gasteiger charge is 2.34. The molecule has 1 atom stereocenters. The Kier molecular flexibility index (Phi) is 7.63. The number of thiophene rings is 1. The standard InChI is InChI=1S/C27H37N3O3S/c1-5-33-20-11-9-19(10-12-20)28-25(32)24-21-13-8-18(27(2,3)4)16-22(21)34-26(24)29-23(31)17-30-14-6-7-15-30/h9-12,18H,5-8,13-17H2,1-4H3,(H,28,32)(H,29,31)/t18-/m1/s1. The van der Waals surface area contributed by atoms with E-state index < -0.39 is 0 Å².